The minimum atomic E-state index is -4.29. The van der Waals surface area contributed by atoms with E-state index in [1.807, 2.05) is 0 Å². The zero-order valence-corrected chi connectivity index (χ0v) is 13.0. The summed E-state index contributed by atoms with van der Waals surface area (Å²) in [6.45, 7) is 5.36. The molecule has 22 heavy (non-hydrogen) atoms. The van der Waals surface area contributed by atoms with Crippen LogP contribution in [0.1, 0.15) is 44.6 Å². The summed E-state index contributed by atoms with van der Waals surface area (Å²) in [5.41, 5.74) is -0.634. The molecule has 1 fully saturated rings. The van der Waals surface area contributed by atoms with Gasteiger partial charge < -0.3 is 9.64 Å². The summed E-state index contributed by atoms with van der Waals surface area (Å²) in [7, 11) is 0. The first-order chi connectivity index (χ1) is 10.5. The molecule has 124 valence electrons. The molecule has 1 aliphatic heterocycles. The van der Waals surface area contributed by atoms with E-state index in [0.29, 0.717) is 5.75 Å². The summed E-state index contributed by atoms with van der Waals surface area (Å²) in [5.74, 6) is 0.525. The number of hydrogen-bond acceptors (Lipinski definition) is 2. The molecule has 0 atom stereocenters. The van der Waals surface area contributed by atoms with Gasteiger partial charge in [0.15, 0.2) is 0 Å². The van der Waals surface area contributed by atoms with E-state index >= 15 is 0 Å². The normalized spacial score (nSPS) is 17.6. The standard InChI is InChI=1S/C17H24F3NO/c1-2-3-4-11-21-12-9-16(10-13-21)22-15-7-5-14(6-8-15)17(18,19)20/h5-8,16H,2-4,9-13H2,1H3. The van der Waals surface area contributed by atoms with Crippen molar-refractivity contribution in [3.63, 3.8) is 0 Å². The smallest absolute Gasteiger partial charge is 0.416 e. The lowest BCUT2D eigenvalue weighted by Crippen LogP contribution is -2.38. The highest BCUT2D eigenvalue weighted by Crippen LogP contribution is 2.30. The van der Waals surface area contributed by atoms with Crippen LogP contribution in [0.15, 0.2) is 24.3 Å². The van der Waals surface area contributed by atoms with Crippen LogP contribution < -0.4 is 4.74 Å². The van der Waals surface area contributed by atoms with E-state index < -0.39 is 11.7 Å². The van der Waals surface area contributed by atoms with Crippen molar-refractivity contribution in [2.75, 3.05) is 19.6 Å². The van der Waals surface area contributed by atoms with E-state index in [9.17, 15) is 13.2 Å². The Labute approximate surface area is 130 Å². The van der Waals surface area contributed by atoms with Crippen LogP contribution in [0.4, 0.5) is 13.2 Å². The van der Waals surface area contributed by atoms with Gasteiger partial charge in [-0.1, -0.05) is 19.8 Å². The Kier molecular flexibility index (Phi) is 6.12. The van der Waals surface area contributed by atoms with Crippen LogP contribution in [0, 0.1) is 0 Å². The predicted molar refractivity (Wildman–Crippen MR) is 81.1 cm³/mol. The second kappa shape index (κ2) is 7.86. The van der Waals surface area contributed by atoms with Crippen LogP contribution in [-0.2, 0) is 6.18 Å². The summed E-state index contributed by atoms with van der Waals surface area (Å²) in [5, 5.41) is 0. The maximum absolute atomic E-state index is 12.5. The highest BCUT2D eigenvalue weighted by atomic mass is 19.4. The first kappa shape index (κ1) is 17.1. The van der Waals surface area contributed by atoms with Crippen molar-refractivity contribution in [3.8, 4) is 5.75 Å². The highest BCUT2D eigenvalue weighted by Gasteiger charge is 2.30. The van der Waals surface area contributed by atoms with Gasteiger partial charge in [0.2, 0.25) is 0 Å². The summed E-state index contributed by atoms with van der Waals surface area (Å²) in [6, 6.07) is 4.98. The average molecular weight is 315 g/mol. The molecular formula is C17H24F3NO. The molecule has 1 aromatic carbocycles. The van der Waals surface area contributed by atoms with Crippen molar-refractivity contribution in [1.29, 1.82) is 0 Å². The largest absolute Gasteiger partial charge is 0.490 e. The second-order valence-corrected chi connectivity index (χ2v) is 5.89. The van der Waals surface area contributed by atoms with Gasteiger partial charge in [0, 0.05) is 13.1 Å². The van der Waals surface area contributed by atoms with Crippen molar-refractivity contribution >= 4 is 0 Å². The Morgan fingerprint density at radius 2 is 1.73 bits per heavy atom. The minimum absolute atomic E-state index is 0.110. The topological polar surface area (TPSA) is 12.5 Å². The Bertz CT molecular complexity index is 436. The number of halogens is 3. The fourth-order valence-electron chi connectivity index (χ4n) is 2.75. The number of ether oxygens (including phenoxy) is 1. The number of nitrogens with zero attached hydrogens (tertiary/aromatic N) is 1. The number of piperidine rings is 1. The number of hydrogen-bond donors (Lipinski definition) is 0. The maximum atomic E-state index is 12.5. The van der Waals surface area contributed by atoms with Gasteiger partial charge in [0.1, 0.15) is 11.9 Å². The first-order valence-corrected chi connectivity index (χ1v) is 8.05. The van der Waals surface area contributed by atoms with Gasteiger partial charge in [-0.25, -0.2) is 0 Å². The monoisotopic (exact) mass is 315 g/mol. The van der Waals surface area contributed by atoms with Gasteiger partial charge in [-0.3, -0.25) is 0 Å². The minimum Gasteiger partial charge on any atom is -0.490 e. The zero-order valence-electron chi connectivity index (χ0n) is 13.0. The fourth-order valence-corrected chi connectivity index (χ4v) is 2.75. The van der Waals surface area contributed by atoms with Crippen LogP contribution in [-0.4, -0.2) is 30.6 Å². The Morgan fingerprint density at radius 3 is 2.27 bits per heavy atom. The van der Waals surface area contributed by atoms with Crippen molar-refractivity contribution < 1.29 is 17.9 Å². The molecule has 0 bridgehead atoms. The molecule has 0 unspecified atom stereocenters. The Balaban J connectivity index is 1.76. The van der Waals surface area contributed by atoms with Crippen LogP contribution >= 0.6 is 0 Å². The molecular weight excluding hydrogens is 291 g/mol. The molecule has 0 aliphatic carbocycles. The summed E-state index contributed by atoms with van der Waals surface area (Å²) >= 11 is 0. The number of rotatable bonds is 6. The summed E-state index contributed by atoms with van der Waals surface area (Å²) in [4.78, 5) is 2.45. The van der Waals surface area contributed by atoms with E-state index in [-0.39, 0.29) is 6.10 Å². The van der Waals surface area contributed by atoms with Gasteiger partial charge in [-0.2, -0.15) is 13.2 Å². The van der Waals surface area contributed by atoms with Gasteiger partial charge >= 0.3 is 6.18 Å². The Hall–Kier alpha value is -1.23. The molecule has 1 aromatic rings. The van der Waals surface area contributed by atoms with E-state index in [1.165, 1.54) is 31.4 Å². The lowest BCUT2D eigenvalue weighted by atomic mass is 10.1. The third-order valence-corrected chi connectivity index (χ3v) is 4.10. The van der Waals surface area contributed by atoms with Crippen LogP contribution in [0.25, 0.3) is 0 Å². The molecule has 1 saturated heterocycles. The van der Waals surface area contributed by atoms with Crippen LogP contribution in [0.3, 0.4) is 0 Å². The molecule has 1 heterocycles. The van der Waals surface area contributed by atoms with Gasteiger partial charge in [-0.15, -0.1) is 0 Å². The predicted octanol–water partition coefficient (Wildman–Crippen LogP) is 4.74. The molecule has 0 saturated carbocycles. The molecule has 0 aromatic heterocycles. The molecule has 2 rings (SSSR count). The SMILES string of the molecule is CCCCCN1CCC(Oc2ccc(C(F)(F)F)cc2)CC1. The van der Waals surface area contributed by atoms with Crippen molar-refractivity contribution in [2.45, 2.75) is 51.3 Å². The average Bonchev–Trinajstić information content (AvgIpc) is 2.49. The third-order valence-electron chi connectivity index (χ3n) is 4.10. The number of likely N-dealkylation sites (tertiary alicyclic amines) is 1. The van der Waals surface area contributed by atoms with E-state index in [1.54, 1.807) is 0 Å². The zero-order chi connectivity index (χ0) is 16.0. The molecule has 5 heteroatoms. The van der Waals surface area contributed by atoms with Crippen LogP contribution in [0.5, 0.6) is 5.75 Å². The fraction of sp³-hybridized carbons (Fsp3) is 0.647. The molecule has 0 radical (unpaired) electrons. The van der Waals surface area contributed by atoms with Gasteiger partial charge in [0.25, 0.3) is 0 Å². The van der Waals surface area contributed by atoms with E-state index in [0.717, 1.165) is 44.6 Å². The van der Waals surface area contributed by atoms with Crippen molar-refractivity contribution in [3.05, 3.63) is 29.8 Å². The number of alkyl halides is 3. The van der Waals surface area contributed by atoms with Gasteiger partial charge in [-0.05, 0) is 50.1 Å². The highest BCUT2D eigenvalue weighted by molar-refractivity contribution is 5.29. The maximum Gasteiger partial charge on any atom is 0.416 e. The Morgan fingerprint density at radius 1 is 1.09 bits per heavy atom. The molecule has 0 spiro atoms. The van der Waals surface area contributed by atoms with Crippen LogP contribution in [0.2, 0.25) is 0 Å². The number of unbranched alkanes of at least 4 members (excludes halogenated alkanes) is 2. The summed E-state index contributed by atoms with van der Waals surface area (Å²) < 4.78 is 43.3. The molecule has 1 aliphatic rings. The molecule has 2 nitrogen and oxygen atoms in total. The third kappa shape index (κ3) is 5.20. The second-order valence-electron chi connectivity index (χ2n) is 5.89. The van der Waals surface area contributed by atoms with Crippen molar-refractivity contribution in [2.24, 2.45) is 0 Å². The molecule has 0 N–H and O–H groups in total. The number of benzene rings is 1. The molecule has 0 amide bonds. The lowest BCUT2D eigenvalue weighted by molar-refractivity contribution is -0.137. The van der Waals surface area contributed by atoms with Gasteiger partial charge in [0.05, 0.1) is 5.56 Å². The first-order valence-electron chi connectivity index (χ1n) is 8.05. The quantitative estimate of drug-likeness (QED) is 0.703. The van der Waals surface area contributed by atoms with Crippen molar-refractivity contribution in [1.82, 2.24) is 4.90 Å². The summed E-state index contributed by atoms with van der Waals surface area (Å²) in [6.07, 6.45) is 1.43. The van der Waals surface area contributed by atoms with E-state index in [2.05, 4.69) is 11.8 Å². The van der Waals surface area contributed by atoms with E-state index in [4.69, 9.17) is 4.74 Å². The lowest BCUT2D eigenvalue weighted by Gasteiger charge is -2.32.